The van der Waals surface area contributed by atoms with Gasteiger partial charge in [0.1, 0.15) is 17.0 Å². The molecule has 7 heteroatoms. The fourth-order valence-electron chi connectivity index (χ4n) is 1.64. The molecule has 7 nitrogen and oxygen atoms in total. The second kappa shape index (κ2) is 4.52. The Kier molecular flexibility index (Phi) is 3.05. The number of ether oxygens (including phenoxy) is 1. The van der Waals surface area contributed by atoms with Gasteiger partial charge in [0, 0.05) is 18.2 Å². The van der Waals surface area contributed by atoms with Gasteiger partial charge in [-0.25, -0.2) is 4.79 Å². The summed E-state index contributed by atoms with van der Waals surface area (Å²) < 4.78 is 4.48. The number of rotatable bonds is 4. The molecular weight excluding hydrogens is 240 g/mol. The number of carbonyl (C=O) groups excluding carboxylic acids is 1. The third-order valence-corrected chi connectivity index (χ3v) is 2.62. The van der Waals surface area contributed by atoms with Crippen LogP contribution in [-0.2, 0) is 4.74 Å². The summed E-state index contributed by atoms with van der Waals surface area (Å²) in [7, 11) is 1.13. The van der Waals surface area contributed by atoms with E-state index in [0.29, 0.717) is 0 Å². The maximum atomic E-state index is 11.5. The molecule has 0 amide bonds. The van der Waals surface area contributed by atoms with Crippen molar-refractivity contribution >= 4 is 17.3 Å². The smallest absolute Gasteiger partial charge is 0.345 e. The molecule has 0 unspecified atom stereocenters. The first-order chi connectivity index (χ1) is 8.52. The van der Waals surface area contributed by atoms with Crippen molar-refractivity contribution in [1.29, 1.82) is 0 Å². The molecule has 0 aliphatic heterocycles. The Balaban J connectivity index is 2.52. The Morgan fingerprint density at radius 3 is 2.72 bits per heavy atom. The van der Waals surface area contributed by atoms with Gasteiger partial charge in [-0.05, 0) is 12.8 Å². The highest BCUT2D eigenvalue weighted by atomic mass is 16.6. The van der Waals surface area contributed by atoms with Gasteiger partial charge in [-0.2, -0.15) is 0 Å². The van der Waals surface area contributed by atoms with Crippen LogP contribution in [0.2, 0.25) is 0 Å². The summed E-state index contributed by atoms with van der Waals surface area (Å²) in [6.07, 6.45) is 1.83. The lowest BCUT2D eigenvalue weighted by molar-refractivity contribution is -0.384. The topological polar surface area (TPSA) is 102 Å². The maximum Gasteiger partial charge on any atom is 0.345 e. The first-order valence-corrected chi connectivity index (χ1v) is 5.39. The molecule has 0 atom stereocenters. The third kappa shape index (κ3) is 2.34. The van der Waals surface area contributed by atoms with Gasteiger partial charge < -0.3 is 15.2 Å². The Hall–Kier alpha value is -2.31. The van der Waals surface area contributed by atoms with Crippen LogP contribution in [0.5, 0.6) is 5.75 Å². The first kappa shape index (κ1) is 12.2. The number of nitro benzene ring substituents is 1. The Labute approximate surface area is 103 Å². The number of phenolic OH excluding ortho intramolecular Hbond substituents is 1. The summed E-state index contributed by atoms with van der Waals surface area (Å²) in [6, 6.07) is 2.43. The van der Waals surface area contributed by atoms with E-state index < -0.39 is 10.9 Å². The van der Waals surface area contributed by atoms with Crippen LogP contribution >= 0.6 is 0 Å². The maximum absolute atomic E-state index is 11.5. The van der Waals surface area contributed by atoms with E-state index in [9.17, 15) is 20.0 Å². The quantitative estimate of drug-likeness (QED) is 0.480. The van der Waals surface area contributed by atoms with Crippen molar-refractivity contribution in [3.05, 3.63) is 27.8 Å². The van der Waals surface area contributed by atoms with Crippen molar-refractivity contribution in [2.45, 2.75) is 18.9 Å². The number of anilines is 1. The second-order valence-electron chi connectivity index (χ2n) is 4.06. The minimum absolute atomic E-state index is 0.142. The number of nitrogens with one attached hydrogen (secondary N) is 1. The molecule has 1 aliphatic rings. The molecule has 0 bridgehead atoms. The minimum Gasteiger partial charge on any atom is -0.508 e. The lowest BCUT2D eigenvalue weighted by Gasteiger charge is -2.09. The van der Waals surface area contributed by atoms with E-state index >= 15 is 0 Å². The predicted molar refractivity (Wildman–Crippen MR) is 62.7 cm³/mol. The Bertz CT molecular complexity index is 510. The van der Waals surface area contributed by atoms with E-state index in [0.717, 1.165) is 26.0 Å². The fourth-order valence-corrected chi connectivity index (χ4v) is 1.64. The molecule has 96 valence electrons. The zero-order valence-electron chi connectivity index (χ0n) is 9.67. The molecule has 1 aliphatic carbocycles. The number of methoxy groups -OCH3 is 1. The molecule has 2 N–H and O–H groups in total. The molecular formula is C11H12N2O5. The van der Waals surface area contributed by atoms with Gasteiger partial charge in [0.25, 0.3) is 0 Å². The molecule has 0 spiro atoms. The van der Waals surface area contributed by atoms with Crippen molar-refractivity contribution in [1.82, 2.24) is 0 Å². The van der Waals surface area contributed by atoms with Crippen LogP contribution in [0.3, 0.4) is 0 Å². The van der Waals surface area contributed by atoms with Crippen LogP contribution in [-0.4, -0.2) is 29.2 Å². The van der Waals surface area contributed by atoms with Crippen LogP contribution in [0.4, 0.5) is 11.4 Å². The van der Waals surface area contributed by atoms with Crippen molar-refractivity contribution < 1.29 is 19.6 Å². The van der Waals surface area contributed by atoms with Crippen LogP contribution in [0.15, 0.2) is 12.1 Å². The van der Waals surface area contributed by atoms with Gasteiger partial charge in [0.15, 0.2) is 0 Å². The standard InChI is InChI=1S/C11H12N2O5/c1-18-11(15)8-4-7(14)5-9(10(8)13(16)17)12-6-2-3-6/h4-6,12,14H,2-3H2,1H3. The average Bonchev–Trinajstić information content (AvgIpc) is 3.10. The number of nitro groups is 1. The van der Waals surface area contributed by atoms with Crippen molar-refractivity contribution in [2.24, 2.45) is 0 Å². The highest BCUT2D eigenvalue weighted by Gasteiger charge is 2.30. The van der Waals surface area contributed by atoms with Crippen molar-refractivity contribution in [3.63, 3.8) is 0 Å². The summed E-state index contributed by atoms with van der Waals surface area (Å²) in [5, 5.41) is 23.5. The summed E-state index contributed by atoms with van der Waals surface area (Å²) in [5.41, 5.74) is -0.486. The molecule has 2 rings (SSSR count). The predicted octanol–water partition coefficient (Wildman–Crippen LogP) is 1.66. The minimum atomic E-state index is -0.851. The van der Waals surface area contributed by atoms with Gasteiger partial charge in [-0.1, -0.05) is 0 Å². The summed E-state index contributed by atoms with van der Waals surface area (Å²) in [6.45, 7) is 0. The van der Waals surface area contributed by atoms with Gasteiger partial charge >= 0.3 is 11.7 Å². The van der Waals surface area contributed by atoms with E-state index in [4.69, 9.17) is 0 Å². The average molecular weight is 252 g/mol. The number of hydrogen-bond donors (Lipinski definition) is 2. The van der Waals surface area contributed by atoms with Crippen molar-refractivity contribution in [3.8, 4) is 5.75 Å². The summed E-state index contributed by atoms with van der Waals surface area (Å²) >= 11 is 0. The molecule has 0 saturated heterocycles. The van der Waals surface area contributed by atoms with Gasteiger partial charge in [0.2, 0.25) is 0 Å². The van der Waals surface area contributed by atoms with E-state index in [-0.39, 0.29) is 28.7 Å². The van der Waals surface area contributed by atoms with Gasteiger partial charge in [0.05, 0.1) is 12.0 Å². The molecule has 0 heterocycles. The Morgan fingerprint density at radius 2 is 2.22 bits per heavy atom. The number of esters is 1. The number of phenols is 1. The largest absolute Gasteiger partial charge is 0.508 e. The molecule has 1 fully saturated rings. The molecule has 1 aromatic carbocycles. The fraction of sp³-hybridized carbons (Fsp3) is 0.364. The van der Waals surface area contributed by atoms with E-state index in [1.54, 1.807) is 0 Å². The number of hydrogen-bond acceptors (Lipinski definition) is 6. The van der Waals surface area contributed by atoms with Crippen LogP contribution in [0, 0.1) is 10.1 Å². The highest BCUT2D eigenvalue weighted by Crippen LogP contribution is 2.36. The first-order valence-electron chi connectivity index (χ1n) is 5.39. The van der Waals surface area contributed by atoms with E-state index in [1.807, 2.05) is 0 Å². The monoisotopic (exact) mass is 252 g/mol. The Morgan fingerprint density at radius 1 is 1.56 bits per heavy atom. The van der Waals surface area contributed by atoms with Crippen LogP contribution in [0.25, 0.3) is 0 Å². The summed E-state index contributed by atoms with van der Waals surface area (Å²) in [4.78, 5) is 21.9. The van der Waals surface area contributed by atoms with Crippen molar-refractivity contribution in [2.75, 3.05) is 12.4 Å². The molecule has 0 aromatic heterocycles. The van der Waals surface area contributed by atoms with Crippen LogP contribution < -0.4 is 5.32 Å². The SMILES string of the molecule is COC(=O)c1cc(O)cc(NC2CC2)c1[N+](=O)[O-]. The van der Waals surface area contributed by atoms with E-state index in [2.05, 4.69) is 10.1 Å². The number of carbonyl (C=O) groups is 1. The number of aromatic hydroxyl groups is 1. The molecule has 18 heavy (non-hydrogen) atoms. The second-order valence-corrected chi connectivity index (χ2v) is 4.06. The third-order valence-electron chi connectivity index (χ3n) is 2.62. The number of nitrogens with zero attached hydrogens (tertiary/aromatic N) is 1. The molecule has 1 saturated carbocycles. The normalized spacial score (nSPS) is 14.1. The number of benzene rings is 1. The lowest BCUT2D eigenvalue weighted by Crippen LogP contribution is -2.10. The molecule has 1 aromatic rings. The van der Waals surface area contributed by atoms with Gasteiger partial charge in [-0.15, -0.1) is 0 Å². The summed E-state index contributed by atoms with van der Waals surface area (Å²) in [5.74, 6) is -1.07. The van der Waals surface area contributed by atoms with E-state index in [1.165, 1.54) is 6.07 Å². The zero-order chi connectivity index (χ0) is 13.3. The van der Waals surface area contributed by atoms with Crippen LogP contribution in [0.1, 0.15) is 23.2 Å². The lowest BCUT2D eigenvalue weighted by atomic mass is 10.1. The highest BCUT2D eigenvalue weighted by molar-refractivity contribution is 5.97. The van der Waals surface area contributed by atoms with Gasteiger partial charge in [-0.3, -0.25) is 10.1 Å². The molecule has 0 radical (unpaired) electrons. The zero-order valence-corrected chi connectivity index (χ0v) is 9.67.